The van der Waals surface area contributed by atoms with Gasteiger partial charge in [-0.3, -0.25) is 4.90 Å². The van der Waals surface area contributed by atoms with Crippen molar-refractivity contribution in [1.29, 1.82) is 0 Å². The summed E-state index contributed by atoms with van der Waals surface area (Å²) < 4.78 is 0.917. The first kappa shape index (κ1) is 14.8. The molecular formula is C16H25ClN2S. The van der Waals surface area contributed by atoms with Gasteiger partial charge in [0.25, 0.3) is 0 Å². The fourth-order valence-electron chi connectivity index (χ4n) is 3.80. The molecule has 0 radical (unpaired) electrons. The molecule has 112 valence electrons. The SMILES string of the molecule is CCC1CN(Cc2ccc(Cl)s2)C2(CCCCC2)CN1. The average molecular weight is 313 g/mol. The van der Waals surface area contributed by atoms with Crippen molar-refractivity contribution in [2.24, 2.45) is 0 Å². The summed E-state index contributed by atoms with van der Waals surface area (Å²) in [5.41, 5.74) is 0.403. The quantitative estimate of drug-likeness (QED) is 0.895. The molecule has 4 heteroatoms. The molecule has 1 aliphatic heterocycles. The molecule has 1 saturated heterocycles. The van der Waals surface area contributed by atoms with Gasteiger partial charge in [0.05, 0.1) is 4.34 Å². The normalized spacial score (nSPS) is 27.0. The van der Waals surface area contributed by atoms with Crippen LogP contribution in [0.15, 0.2) is 12.1 Å². The van der Waals surface area contributed by atoms with E-state index in [9.17, 15) is 0 Å². The molecule has 0 amide bonds. The Kier molecular flexibility index (Phi) is 4.71. The smallest absolute Gasteiger partial charge is 0.0931 e. The molecule has 0 bridgehead atoms. The zero-order valence-electron chi connectivity index (χ0n) is 12.3. The lowest BCUT2D eigenvalue weighted by Gasteiger charge is -2.52. The van der Waals surface area contributed by atoms with Gasteiger partial charge in [-0.05, 0) is 31.4 Å². The lowest BCUT2D eigenvalue weighted by atomic mass is 9.78. The number of nitrogens with one attached hydrogen (secondary N) is 1. The Morgan fingerprint density at radius 3 is 2.80 bits per heavy atom. The zero-order chi connectivity index (χ0) is 14.0. The van der Waals surface area contributed by atoms with Gasteiger partial charge in [-0.2, -0.15) is 0 Å². The van der Waals surface area contributed by atoms with Gasteiger partial charge < -0.3 is 5.32 Å². The monoisotopic (exact) mass is 312 g/mol. The van der Waals surface area contributed by atoms with Gasteiger partial charge in [-0.1, -0.05) is 37.8 Å². The number of rotatable bonds is 3. The zero-order valence-corrected chi connectivity index (χ0v) is 13.9. The minimum atomic E-state index is 0.403. The predicted octanol–water partition coefficient (Wildman–Crippen LogP) is 4.29. The topological polar surface area (TPSA) is 15.3 Å². The first-order valence-electron chi connectivity index (χ1n) is 7.94. The first-order chi connectivity index (χ1) is 9.72. The highest BCUT2D eigenvalue weighted by atomic mass is 35.5. The molecule has 2 heterocycles. The van der Waals surface area contributed by atoms with Crippen molar-refractivity contribution in [3.8, 4) is 0 Å². The fourth-order valence-corrected chi connectivity index (χ4v) is 4.91. The molecule has 1 unspecified atom stereocenters. The molecule has 1 saturated carbocycles. The van der Waals surface area contributed by atoms with Crippen molar-refractivity contribution in [2.75, 3.05) is 13.1 Å². The van der Waals surface area contributed by atoms with Crippen LogP contribution in [0, 0.1) is 0 Å². The minimum Gasteiger partial charge on any atom is -0.311 e. The van der Waals surface area contributed by atoms with E-state index in [1.165, 1.54) is 56.5 Å². The first-order valence-corrected chi connectivity index (χ1v) is 9.14. The Labute approximate surface area is 131 Å². The van der Waals surface area contributed by atoms with E-state index >= 15 is 0 Å². The van der Waals surface area contributed by atoms with E-state index in [1.807, 2.05) is 6.07 Å². The van der Waals surface area contributed by atoms with Gasteiger partial charge in [-0.15, -0.1) is 11.3 Å². The van der Waals surface area contributed by atoms with Crippen molar-refractivity contribution in [3.05, 3.63) is 21.3 Å². The van der Waals surface area contributed by atoms with Crippen LogP contribution in [0.3, 0.4) is 0 Å². The molecule has 2 aliphatic rings. The summed E-state index contributed by atoms with van der Waals surface area (Å²) in [5, 5.41) is 3.79. The van der Waals surface area contributed by atoms with Crippen molar-refractivity contribution < 1.29 is 0 Å². The molecule has 20 heavy (non-hydrogen) atoms. The average Bonchev–Trinajstić information content (AvgIpc) is 2.88. The molecule has 1 aliphatic carbocycles. The van der Waals surface area contributed by atoms with Gasteiger partial charge in [0.1, 0.15) is 0 Å². The van der Waals surface area contributed by atoms with Crippen LogP contribution >= 0.6 is 22.9 Å². The van der Waals surface area contributed by atoms with Crippen LogP contribution in [0.5, 0.6) is 0 Å². The summed E-state index contributed by atoms with van der Waals surface area (Å²) in [6, 6.07) is 4.89. The van der Waals surface area contributed by atoms with Crippen molar-refractivity contribution in [2.45, 2.75) is 63.6 Å². The molecule has 1 aromatic heterocycles. The number of halogens is 1. The Bertz CT molecular complexity index is 439. The third kappa shape index (κ3) is 3.06. The highest BCUT2D eigenvalue weighted by molar-refractivity contribution is 7.16. The van der Waals surface area contributed by atoms with E-state index in [1.54, 1.807) is 11.3 Å². The lowest BCUT2D eigenvalue weighted by molar-refractivity contribution is 0.00346. The van der Waals surface area contributed by atoms with Crippen LogP contribution < -0.4 is 5.32 Å². The molecular weight excluding hydrogens is 288 g/mol. The summed E-state index contributed by atoms with van der Waals surface area (Å²) in [6.07, 6.45) is 8.13. The van der Waals surface area contributed by atoms with Crippen molar-refractivity contribution in [1.82, 2.24) is 10.2 Å². The van der Waals surface area contributed by atoms with E-state index in [4.69, 9.17) is 11.6 Å². The maximum absolute atomic E-state index is 6.10. The maximum Gasteiger partial charge on any atom is 0.0931 e. The number of piperazine rings is 1. The standard InChI is InChI=1S/C16H25ClN2S/c1-2-13-10-19(11-14-6-7-15(17)20-14)16(12-18-13)8-4-3-5-9-16/h6-7,13,18H,2-5,8-12H2,1H3. The summed E-state index contributed by atoms with van der Waals surface area (Å²) >= 11 is 7.84. The van der Waals surface area contributed by atoms with Crippen LogP contribution in [-0.2, 0) is 6.54 Å². The van der Waals surface area contributed by atoms with E-state index in [0.717, 1.165) is 10.9 Å². The molecule has 1 aromatic rings. The van der Waals surface area contributed by atoms with Gasteiger partial charge in [0.2, 0.25) is 0 Å². The maximum atomic E-state index is 6.10. The van der Waals surface area contributed by atoms with Crippen molar-refractivity contribution in [3.63, 3.8) is 0 Å². The van der Waals surface area contributed by atoms with E-state index in [0.29, 0.717) is 11.6 Å². The Morgan fingerprint density at radius 2 is 2.15 bits per heavy atom. The van der Waals surface area contributed by atoms with Crippen LogP contribution in [0.25, 0.3) is 0 Å². The van der Waals surface area contributed by atoms with Crippen LogP contribution in [0.4, 0.5) is 0 Å². The fraction of sp³-hybridized carbons (Fsp3) is 0.750. The molecule has 1 spiro atoms. The Morgan fingerprint density at radius 1 is 1.35 bits per heavy atom. The number of nitrogens with zero attached hydrogens (tertiary/aromatic N) is 1. The van der Waals surface area contributed by atoms with E-state index in [-0.39, 0.29) is 0 Å². The largest absolute Gasteiger partial charge is 0.311 e. The Hall–Kier alpha value is -0.0900. The Balaban J connectivity index is 1.77. The summed E-state index contributed by atoms with van der Waals surface area (Å²) in [7, 11) is 0. The summed E-state index contributed by atoms with van der Waals surface area (Å²) in [5.74, 6) is 0. The molecule has 3 rings (SSSR count). The molecule has 0 aromatic carbocycles. The van der Waals surface area contributed by atoms with E-state index in [2.05, 4.69) is 23.2 Å². The molecule has 2 nitrogen and oxygen atoms in total. The highest BCUT2D eigenvalue weighted by Gasteiger charge is 2.41. The highest BCUT2D eigenvalue weighted by Crippen LogP contribution is 2.37. The molecule has 1 atom stereocenters. The predicted molar refractivity (Wildman–Crippen MR) is 87.6 cm³/mol. The molecule has 1 N–H and O–H groups in total. The van der Waals surface area contributed by atoms with Crippen LogP contribution in [-0.4, -0.2) is 29.6 Å². The summed E-state index contributed by atoms with van der Waals surface area (Å²) in [4.78, 5) is 4.18. The molecule has 2 fully saturated rings. The van der Waals surface area contributed by atoms with Crippen LogP contribution in [0.1, 0.15) is 50.3 Å². The van der Waals surface area contributed by atoms with Gasteiger partial charge in [0, 0.05) is 36.1 Å². The number of hydrogen-bond acceptors (Lipinski definition) is 3. The summed E-state index contributed by atoms with van der Waals surface area (Å²) in [6.45, 7) is 5.73. The van der Waals surface area contributed by atoms with Crippen molar-refractivity contribution >= 4 is 22.9 Å². The third-order valence-electron chi connectivity index (χ3n) is 5.08. The number of hydrogen-bond donors (Lipinski definition) is 1. The second-order valence-electron chi connectivity index (χ2n) is 6.36. The number of thiophene rings is 1. The third-order valence-corrected chi connectivity index (χ3v) is 6.30. The lowest BCUT2D eigenvalue weighted by Crippen LogP contribution is -2.64. The van der Waals surface area contributed by atoms with Gasteiger partial charge in [-0.25, -0.2) is 0 Å². The van der Waals surface area contributed by atoms with Gasteiger partial charge >= 0.3 is 0 Å². The van der Waals surface area contributed by atoms with Crippen LogP contribution in [0.2, 0.25) is 4.34 Å². The van der Waals surface area contributed by atoms with Gasteiger partial charge in [0.15, 0.2) is 0 Å². The van der Waals surface area contributed by atoms with E-state index < -0.39 is 0 Å². The second kappa shape index (κ2) is 6.35. The minimum absolute atomic E-state index is 0.403. The second-order valence-corrected chi connectivity index (χ2v) is 8.16.